The summed E-state index contributed by atoms with van der Waals surface area (Å²) in [6, 6.07) is 0. The van der Waals surface area contributed by atoms with Crippen molar-refractivity contribution >= 4 is 5.91 Å². The maximum absolute atomic E-state index is 12.3. The van der Waals surface area contributed by atoms with E-state index in [-0.39, 0.29) is 12.0 Å². The first kappa shape index (κ1) is 14.6. The molecule has 1 saturated heterocycles. The molecule has 0 saturated carbocycles. The molecule has 1 aliphatic rings. The number of amides is 1. The van der Waals surface area contributed by atoms with Gasteiger partial charge in [-0.2, -0.15) is 10.2 Å². The summed E-state index contributed by atoms with van der Waals surface area (Å²) in [4.78, 5) is 22.3. The number of nitrogens with one attached hydrogen (secondary N) is 1. The summed E-state index contributed by atoms with van der Waals surface area (Å²) in [6.45, 7) is 4.15. The minimum Gasteiger partial charge on any atom is -0.366 e. The Morgan fingerprint density at radius 2 is 2.45 bits per heavy atom. The molecule has 0 bridgehead atoms. The molecule has 1 amide bonds. The van der Waals surface area contributed by atoms with Crippen molar-refractivity contribution in [2.45, 2.75) is 32.4 Å². The average molecular weight is 305 g/mol. The number of carbonyl (C=O) groups is 1. The number of morpholine rings is 1. The van der Waals surface area contributed by atoms with Crippen LogP contribution in [0.1, 0.15) is 30.6 Å². The first-order chi connectivity index (χ1) is 10.7. The fourth-order valence-electron chi connectivity index (χ4n) is 2.43. The lowest BCUT2D eigenvalue weighted by Gasteiger charge is -2.31. The second kappa shape index (κ2) is 6.65. The van der Waals surface area contributed by atoms with Crippen molar-refractivity contribution in [3.05, 3.63) is 24.3 Å². The van der Waals surface area contributed by atoms with Crippen LogP contribution in [0.25, 0.3) is 0 Å². The number of aromatic nitrogens is 6. The Kier molecular flexibility index (Phi) is 4.42. The fraction of sp³-hybridized carbons (Fsp3) is 0.615. The minimum atomic E-state index is -0.252. The third-order valence-electron chi connectivity index (χ3n) is 3.57. The lowest BCUT2D eigenvalue weighted by atomic mass is 10.2. The van der Waals surface area contributed by atoms with E-state index in [9.17, 15) is 4.79 Å². The fourth-order valence-corrected chi connectivity index (χ4v) is 2.43. The molecule has 0 aromatic carbocycles. The summed E-state index contributed by atoms with van der Waals surface area (Å²) < 4.78 is 7.39. The van der Waals surface area contributed by atoms with Crippen LogP contribution in [0.5, 0.6) is 0 Å². The molecule has 1 N–H and O–H groups in total. The van der Waals surface area contributed by atoms with Crippen molar-refractivity contribution in [2.75, 3.05) is 19.7 Å². The van der Waals surface area contributed by atoms with Crippen molar-refractivity contribution < 1.29 is 9.53 Å². The van der Waals surface area contributed by atoms with Crippen LogP contribution in [0.3, 0.4) is 0 Å². The molecule has 0 aliphatic carbocycles. The molecular formula is C13H19N7O2. The van der Waals surface area contributed by atoms with E-state index in [2.05, 4.69) is 25.3 Å². The molecule has 1 fully saturated rings. The van der Waals surface area contributed by atoms with Crippen LogP contribution in [-0.4, -0.2) is 60.4 Å². The van der Waals surface area contributed by atoms with Gasteiger partial charge in [0.1, 0.15) is 24.6 Å². The average Bonchev–Trinajstić information content (AvgIpc) is 3.19. The number of nitrogens with zero attached hydrogens (tertiary/aromatic N) is 6. The van der Waals surface area contributed by atoms with E-state index in [0.29, 0.717) is 38.5 Å². The third kappa shape index (κ3) is 3.48. The summed E-state index contributed by atoms with van der Waals surface area (Å²) in [7, 11) is 0. The third-order valence-corrected chi connectivity index (χ3v) is 3.57. The number of carbonyl (C=O) groups excluding carboxylic acids is 1. The molecule has 9 heteroatoms. The summed E-state index contributed by atoms with van der Waals surface area (Å²) in [6.07, 6.45) is 4.12. The highest BCUT2D eigenvalue weighted by Gasteiger charge is 2.27. The zero-order chi connectivity index (χ0) is 15.4. The summed E-state index contributed by atoms with van der Waals surface area (Å²) in [5.74, 6) is 1.48. The molecule has 0 spiro atoms. The molecule has 2 aromatic heterocycles. The Morgan fingerprint density at radius 3 is 3.18 bits per heavy atom. The number of aromatic amines is 1. The standard InChI is InChI=1S/C13H19N7O2/c1-10-16-13(18-17-10)11-7-19(5-6-22-11)12(21)3-2-4-20-9-14-8-15-20/h8-9,11H,2-7H2,1H3,(H,16,17,18)/t11-/m0/s1. The highest BCUT2D eigenvalue weighted by atomic mass is 16.5. The van der Waals surface area contributed by atoms with Gasteiger partial charge in [0.05, 0.1) is 13.2 Å². The SMILES string of the molecule is Cc1nc([C@@H]2CN(C(=O)CCCn3cncn3)CCO2)n[nH]1. The first-order valence-electron chi connectivity index (χ1n) is 7.33. The topological polar surface area (TPSA) is 102 Å². The van der Waals surface area contributed by atoms with Crippen molar-refractivity contribution in [1.29, 1.82) is 0 Å². The highest BCUT2D eigenvalue weighted by molar-refractivity contribution is 5.76. The van der Waals surface area contributed by atoms with Gasteiger partial charge in [-0.1, -0.05) is 0 Å². The second-order valence-electron chi connectivity index (χ2n) is 5.24. The smallest absolute Gasteiger partial charge is 0.222 e. The van der Waals surface area contributed by atoms with Gasteiger partial charge >= 0.3 is 0 Å². The minimum absolute atomic E-state index is 0.126. The van der Waals surface area contributed by atoms with E-state index in [4.69, 9.17) is 4.74 Å². The summed E-state index contributed by atoms with van der Waals surface area (Å²) in [5, 5.41) is 10.9. The maximum Gasteiger partial charge on any atom is 0.222 e. The van der Waals surface area contributed by atoms with Gasteiger partial charge < -0.3 is 9.64 Å². The van der Waals surface area contributed by atoms with E-state index in [1.807, 2.05) is 11.8 Å². The van der Waals surface area contributed by atoms with Crippen molar-refractivity contribution in [3.8, 4) is 0 Å². The van der Waals surface area contributed by atoms with Gasteiger partial charge in [-0.25, -0.2) is 9.97 Å². The van der Waals surface area contributed by atoms with Gasteiger partial charge in [-0.05, 0) is 13.3 Å². The van der Waals surface area contributed by atoms with Crippen molar-refractivity contribution in [2.24, 2.45) is 0 Å². The van der Waals surface area contributed by atoms with Crippen LogP contribution in [0.4, 0.5) is 0 Å². The number of rotatable bonds is 5. The van der Waals surface area contributed by atoms with E-state index >= 15 is 0 Å². The van der Waals surface area contributed by atoms with Crippen molar-refractivity contribution in [3.63, 3.8) is 0 Å². The second-order valence-corrected chi connectivity index (χ2v) is 5.24. The lowest BCUT2D eigenvalue weighted by molar-refractivity contribution is -0.139. The molecule has 9 nitrogen and oxygen atoms in total. The highest BCUT2D eigenvalue weighted by Crippen LogP contribution is 2.19. The van der Waals surface area contributed by atoms with E-state index < -0.39 is 0 Å². The molecule has 0 radical (unpaired) electrons. The normalized spacial score (nSPS) is 18.6. The van der Waals surface area contributed by atoms with Gasteiger partial charge in [0.15, 0.2) is 5.82 Å². The number of aryl methyl sites for hydroxylation is 2. The van der Waals surface area contributed by atoms with Crippen LogP contribution < -0.4 is 0 Å². The van der Waals surface area contributed by atoms with Crippen LogP contribution in [0, 0.1) is 6.92 Å². The molecule has 0 unspecified atom stereocenters. The van der Waals surface area contributed by atoms with Gasteiger partial charge in [0.25, 0.3) is 0 Å². The lowest BCUT2D eigenvalue weighted by Crippen LogP contribution is -2.42. The predicted octanol–water partition coefficient (Wildman–Crippen LogP) is 0.0849. The number of ether oxygens (including phenoxy) is 1. The van der Waals surface area contributed by atoms with Crippen LogP contribution in [0.15, 0.2) is 12.7 Å². The Morgan fingerprint density at radius 1 is 1.55 bits per heavy atom. The Hall–Kier alpha value is -2.29. The van der Waals surface area contributed by atoms with Gasteiger partial charge in [-0.15, -0.1) is 0 Å². The largest absolute Gasteiger partial charge is 0.366 e. The zero-order valence-electron chi connectivity index (χ0n) is 12.5. The van der Waals surface area contributed by atoms with Gasteiger partial charge in [0.2, 0.25) is 5.91 Å². The molecular weight excluding hydrogens is 286 g/mol. The van der Waals surface area contributed by atoms with E-state index in [1.165, 1.54) is 6.33 Å². The number of H-pyrrole nitrogens is 1. The van der Waals surface area contributed by atoms with Gasteiger partial charge in [-0.3, -0.25) is 14.6 Å². The zero-order valence-corrected chi connectivity index (χ0v) is 12.5. The first-order valence-corrected chi connectivity index (χ1v) is 7.33. The molecule has 1 aliphatic heterocycles. The van der Waals surface area contributed by atoms with E-state index in [0.717, 1.165) is 12.2 Å². The quantitative estimate of drug-likeness (QED) is 0.839. The van der Waals surface area contributed by atoms with Crippen molar-refractivity contribution in [1.82, 2.24) is 34.8 Å². The van der Waals surface area contributed by atoms with Crippen LogP contribution >= 0.6 is 0 Å². The Bertz CT molecular complexity index is 610. The molecule has 3 rings (SSSR count). The molecule has 2 aromatic rings. The maximum atomic E-state index is 12.3. The number of hydrogen-bond donors (Lipinski definition) is 1. The molecule has 118 valence electrons. The monoisotopic (exact) mass is 305 g/mol. The molecule has 3 heterocycles. The van der Waals surface area contributed by atoms with E-state index in [1.54, 1.807) is 11.0 Å². The van der Waals surface area contributed by atoms with Gasteiger partial charge in [0, 0.05) is 19.5 Å². The van der Waals surface area contributed by atoms with Crippen LogP contribution in [-0.2, 0) is 16.1 Å². The predicted molar refractivity (Wildman–Crippen MR) is 75.6 cm³/mol. The summed E-state index contributed by atoms with van der Waals surface area (Å²) >= 11 is 0. The summed E-state index contributed by atoms with van der Waals surface area (Å²) in [5.41, 5.74) is 0. The van der Waals surface area contributed by atoms with Crippen LogP contribution in [0.2, 0.25) is 0 Å². The Balaban J connectivity index is 1.49. The Labute approximate surface area is 127 Å². The molecule has 22 heavy (non-hydrogen) atoms. The molecule has 1 atom stereocenters. The number of hydrogen-bond acceptors (Lipinski definition) is 6.